The molecule has 1 amide bonds. The van der Waals surface area contributed by atoms with Crippen LogP contribution in [0.4, 0.5) is 0 Å². The highest BCUT2D eigenvalue weighted by Crippen LogP contribution is 2.19. The minimum Gasteiger partial charge on any atom is -0.477 e. The van der Waals surface area contributed by atoms with Crippen LogP contribution in [0.2, 0.25) is 0 Å². The molecule has 2 N–H and O–H groups in total. The summed E-state index contributed by atoms with van der Waals surface area (Å²) in [5, 5.41) is 11.3. The van der Waals surface area contributed by atoms with E-state index in [0.717, 1.165) is 24.4 Å². The molecule has 1 aliphatic carbocycles. The van der Waals surface area contributed by atoms with E-state index in [1.807, 2.05) is 0 Å². The molecule has 1 fully saturated rings. The summed E-state index contributed by atoms with van der Waals surface area (Å²) in [6.07, 6.45) is 2.00. The van der Waals surface area contributed by atoms with Crippen LogP contribution in [0.5, 0.6) is 0 Å². The van der Waals surface area contributed by atoms with Crippen LogP contribution in [0.3, 0.4) is 0 Å². The van der Waals surface area contributed by atoms with E-state index in [-0.39, 0.29) is 22.5 Å². The van der Waals surface area contributed by atoms with Gasteiger partial charge < -0.3 is 10.4 Å². The molecular weight excluding hydrogens is 204 g/mol. The Morgan fingerprint density at radius 2 is 2.29 bits per heavy atom. The van der Waals surface area contributed by atoms with Crippen molar-refractivity contribution < 1.29 is 14.7 Å². The van der Waals surface area contributed by atoms with Crippen molar-refractivity contribution in [1.82, 2.24) is 9.69 Å². The standard InChI is InChI=1S/C8H8N2O3S/c11-7(9-4-1-2-4)5-3-6(8(12)13)14-10-5/h3-4H,1-2H2,(H,9,11)(H,12,13). The lowest BCUT2D eigenvalue weighted by Gasteiger charge is -1.97. The van der Waals surface area contributed by atoms with Crippen molar-refractivity contribution in [2.75, 3.05) is 0 Å². The highest BCUT2D eigenvalue weighted by atomic mass is 32.1. The number of carbonyl (C=O) groups is 2. The van der Waals surface area contributed by atoms with Gasteiger partial charge in [0.25, 0.3) is 5.91 Å². The van der Waals surface area contributed by atoms with Gasteiger partial charge in [0.15, 0.2) is 0 Å². The highest BCUT2D eigenvalue weighted by Gasteiger charge is 2.25. The fraction of sp³-hybridized carbons (Fsp3) is 0.375. The van der Waals surface area contributed by atoms with Crippen molar-refractivity contribution in [3.63, 3.8) is 0 Å². The van der Waals surface area contributed by atoms with Crippen molar-refractivity contribution in [2.24, 2.45) is 0 Å². The van der Waals surface area contributed by atoms with Crippen LogP contribution in [0.25, 0.3) is 0 Å². The van der Waals surface area contributed by atoms with Crippen molar-refractivity contribution in [1.29, 1.82) is 0 Å². The summed E-state index contributed by atoms with van der Waals surface area (Å²) in [5.74, 6) is -1.33. The van der Waals surface area contributed by atoms with Gasteiger partial charge in [0.2, 0.25) is 0 Å². The fourth-order valence-corrected chi connectivity index (χ4v) is 1.54. The Balaban J connectivity index is 2.07. The van der Waals surface area contributed by atoms with Gasteiger partial charge in [0.1, 0.15) is 10.6 Å². The third kappa shape index (κ3) is 1.90. The quantitative estimate of drug-likeness (QED) is 0.774. The lowest BCUT2D eigenvalue weighted by atomic mass is 10.3. The van der Waals surface area contributed by atoms with Gasteiger partial charge in [0, 0.05) is 6.04 Å². The maximum Gasteiger partial charge on any atom is 0.347 e. The van der Waals surface area contributed by atoms with Crippen molar-refractivity contribution in [3.05, 3.63) is 16.6 Å². The van der Waals surface area contributed by atoms with Gasteiger partial charge in [0.05, 0.1) is 0 Å². The third-order valence-electron chi connectivity index (χ3n) is 1.87. The minimum absolute atomic E-state index is 0.0888. The van der Waals surface area contributed by atoms with Gasteiger partial charge in [-0.1, -0.05) is 0 Å². The molecule has 0 atom stereocenters. The lowest BCUT2D eigenvalue weighted by Crippen LogP contribution is -2.25. The number of carboxylic acids is 1. The van der Waals surface area contributed by atoms with Gasteiger partial charge in [-0.2, -0.15) is 4.37 Å². The Kier molecular flexibility index (Phi) is 2.20. The molecule has 5 nitrogen and oxygen atoms in total. The van der Waals surface area contributed by atoms with E-state index < -0.39 is 5.97 Å². The zero-order valence-electron chi connectivity index (χ0n) is 7.19. The van der Waals surface area contributed by atoms with Crippen LogP contribution < -0.4 is 5.32 Å². The number of hydrogen-bond acceptors (Lipinski definition) is 4. The van der Waals surface area contributed by atoms with Crippen molar-refractivity contribution in [3.8, 4) is 0 Å². The molecule has 74 valence electrons. The SMILES string of the molecule is O=C(NC1CC1)c1cc(C(=O)O)sn1. The van der Waals surface area contributed by atoms with Crippen molar-refractivity contribution >= 4 is 23.4 Å². The molecule has 0 aliphatic heterocycles. The average Bonchev–Trinajstić information content (AvgIpc) is 2.81. The first-order valence-electron chi connectivity index (χ1n) is 4.17. The molecule has 1 heterocycles. The van der Waals surface area contributed by atoms with Crippen molar-refractivity contribution in [2.45, 2.75) is 18.9 Å². The van der Waals surface area contributed by atoms with Crippen LogP contribution in [0.15, 0.2) is 6.07 Å². The molecule has 0 aromatic carbocycles. The number of carbonyl (C=O) groups excluding carboxylic acids is 1. The van der Waals surface area contributed by atoms with Crippen LogP contribution in [-0.4, -0.2) is 27.4 Å². The summed E-state index contributed by atoms with van der Waals surface area (Å²) in [7, 11) is 0. The number of nitrogens with zero attached hydrogens (tertiary/aromatic N) is 1. The zero-order chi connectivity index (χ0) is 10.1. The normalized spacial score (nSPS) is 15.1. The number of rotatable bonds is 3. The van der Waals surface area contributed by atoms with E-state index in [1.165, 1.54) is 6.07 Å². The number of amides is 1. The van der Waals surface area contributed by atoms with E-state index >= 15 is 0 Å². The first-order valence-corrected chi connectivity index (χ1v) is 4.95. The monoisotopic (exact) mass is 212 g/mol. The molecule has 1 aromatic heterocycles. The Labute approximate surface area is 83.9 Å². The maximum absolute atomic E-state index is 11.4. The second-order valence-electron chi connectivity index (χ2n) is 3.13. The number of hydrogen-bond donors (Lipinski definition) is 2. The van der Waals surface area contributed by atoms with E-state index in [1.54, 1.807) is 0 Å². The van der Waals surface area contributed by atoms with Crippen LogP contribution in [0, 0.1) is 0 Å². The largest absolute Gasteiger partial charge is 0.477 e. The van der Waals surface area contributed by atoms with E-state index in [9.17, 15) is 9.59 Å². The van der Waals surface area contributed by atoms with Crippen LogP contribution >= 0.6 is 11.5 Å². The van der Waals surface area contributed by atoms with Gasteiger partial charge in [-0.3, -0.25) is 4.79 Å². The minimum atomic E-state index is -1.05. The predicted octanol–water partition coefficient (Wildman–Crippen LogP) is 0.734. The topological polar surface area (TPSA) is 79.3 Å². The Morgan fingerprint density at radius 1 is 1.57 bits per heavy atom. The summed E-state index contributed by atoms with van der Waals surface area (Å²) in [6.45, 7) is 0. The molecular formula is C8H8N2O3S. The summed E-state index contributed by atoms with van der Waals surface area (Å²) in [5.41, 5.74) is 0.194. The fourth-order valence-electron chi connectivity index (χ4n) is 0.970. The second kappa shape index (κ2) is 3.38. The van der Waals surface area contributed by atoms with Gasteiger partial charge in [-0.15, -0.1) is 0 Å². The molecule has 0 radical (unpaired) electrons. The van der Waals surface area contributed by atoms with Crippen LogP contribution in [-0.2, 0) is 0 Å². The summed E-state index contributed by atoms with van der Waals surface area (Å²) >= 11 is 0.823. The highest BCUT2D eigenvalue weighted by molar-refractivity contribution is 7.08. The van der Waals surface area contributed by atoms with E-state index in [2.05, 4.69) is 9.69 Å². The Bertz CT molecular complexity index is 384. The molecule has 14 heavy (non-hydrogen) atoms. The smallest absolute Gasteiger partial charge is 0.347 e. The number of aromatic nitrogens is 1. The first-order chi connectivity index (χ1) is 6.66. The third-order valence-corrected chi connectivity index (χ3v) is 2.64. The summed E-state index contributed by atoms with van der Waals surface area (Å²) in [4.78, 5) is 22.0. The molecule has 1 saturated carbocycles. The zero-order valence-corrected chi connectivity index (χ0v) is 8.00. The molecule has 1 aliphatic rings. The van der Waals surface area contributed by atoms with E-state index in [4.69, 9.17) is 5.11 Å². The summed E-state index contributed by atoms with van der Waals surface area (Å²) < 4.78 is 3.77. The lowest BCUT2D eigenvalue weighted by molar-refractivity contribution is 0.0702. The number of aromatic carboxylic acids is 1. The molecule has 1 aromatic rings. The average molecular weight is 212 g/mol. The molecule has 0 bridgehead atoms. The van der Waals surface area contributed by atoms with Gasteiger partial charge in [-0.25, -0.2) is 4.79 Å². The molecule has 0 spiro atoms. The predicted molar refractivity (Wildman–Crippen MR) is 49.6 cm³/mol. The molecule has 0 saturated heterocycles. The first kappa shape index (κ1) is 9.14. The Hall–Kier alpha value is -1.43. The molecule has 6 heteroatoms. The number of carboxylic acid groups (broad SMARTS) is 1. The summed E-state index contributed by atoms with van der Waals surface area (Å²) in [6, 6.07) is 1.56. The van der Waals surface area contributed by atoms with Crippen LogP contribution in [0.1, 0.15) is 33.0 Å². The van der Waals surface area contributed by atoms with Gasteiger partial charge >= 0.3 is 5.97 Å². The number of nitrogens with one attached hydrogen (secondary N) is 1. The molecule has 2 rings (SSSR count). The Morgan fingerprint density at radius 3 is 2.79 bits per heavy atom. The second-order valence-corrected chi connectivity index (χ2v) is 3.93. The van der Waals surface area contributed by atoms with Gasteiger partial charge in [-0.05, 0) is 30.4 Å². The maximum atomic E-state index is 11.4. The molecule has 0 unspecified atom stereocenters. The van der Waals surface area contributed by atoms with E-state index in [0.29, 0.717) is 0 Å².